The van der Waals surface area contributed by atoms with Crippen LogP contribution in [0.3, 0.4) is 0 Å². The zero-order chi connectivity index (χ0) is 31.0. The molecule has 5 atom stereocenters. The molecule has 1 aromatic carbocycles. The molecule has 2 fully saturated rings. The number of aromatic amines is 1. The third-order valence-electron chi connectivity index (χ3n) is 9.34. The van der Waals surface area contributed by atoms with Gasteiger partial charge in [0, 0.05) is 65.6 Å². The second kappa shape index (κ2) is 12.5. The van der Waals surface area contributed by atoms with E-state index in [1.807, 2.05) is 42.2 Å². The summed E-state index contributed by atoms with van der Waals surface area (Å²) in [5.74, 6) is 0.659. The van der Waals surface area contributed by atoms with Crippen molar-refractivity contribution in [3.05, 3.63) is 71.0 Å². The van der Waals surface area contributed by atoms with E-state index in [1.165, 1.54) is 0 Å². The molecule has 3 heterocycles. The number of allylic oxidation sites excluding steroid dienone is 2. The van der Waals surface area contributed by atoms with Crippen molar-refractivity contribution in [2.45, 2.75) is 58.5 Å². The number of hydrogen-bond acceptors (Lipinski definition) is 6. The van der Waals surface area contributed by atoms with Crippen LogP contribution in [0.25, 0.3) is 22.2 Å². The number of amides is 2. The highest BCUT2D eigenvalue weighted by Gasteiger charge is 2.46. The highest BCUT2D eigenvalue weighted by molar-refractivity contribution is 6.01. The molecule has 2 aliphatic carbocycles. The number of ether oxygens (including phenoxy) is 1. The van der Waals surface area contributed by atoms with Crippen LogP contribution in [0.4, 0.5) is 4.39 Å². The van der Waals surface area contributed by atoms with Crippen LogP contribution in [0.5, 0.6) is 0 Å². The van der Waals surface area contributed by atoms with Crippen molar-refractivity contribution in [3.63, 3.8) is 0 Å². The molecule has 6 rings (SSSR count). The van der Waals surface area contributed by atoms with E-state index < -0.39 is 6.04 Å². The quantitative estimate of drug-likeness (QED) is 0.300. The number of likely N-dealkylation sites (tertiary alicyclic amines) is 1. The summed E-state index contributed by atoms with van der Waals surface area (Å²) >= 11 is 0. The van der Waals surface area contributed by atoms with Gasteiger partial charge in [0.15, 0.2) is 0 Å². The minimum atomic E-state index is -0.420. The molecule has 0 radical (unpaired) electrons. The number of halogens is 1. The Kier molecular flexibility index (Phi) is 8.53. The summed E-state index contributed by atoms with van der Waals surface area (Å²) in [6, 6.07) is 8.74. The maximum absolute atomic E-state index is 15.5. The smallest absolute Gasteiger partial charge is 0.251 e. The van der Waals surface area contributed by atoms with Crippen LogP contribution in [-0.2, 0) is 9.53 Å². The van der Waals surface area contributed by atoms with Gasteiger partial charge in [0.1, 0.15) is 17.3 Å². The Labute approximate surface area is 257 Å². The van der Waals surface area contributed by atoms with Gasteiger partial charge in [-0.05, 0) is 74.4 Å². The molecule has 10 heteroatoms. The number of nitrogens with zero attached hydrogens (tertiary/aromatic N) is 3. The molecule has 0 bridgehead atoms. The predicted molar refractivity (Wildman–Crippen MR) is 167 cm³/mol. The number of pyridine rings is 1. The molecule has 1 saturated heterocycles. The first-order chi connectivity index (χ1) is 21.2. The molecule has 2 amide bonds. The van der Waals surface area contributed by atoms with Gasteiger partial charge in [0.25, 0.3) is 5.91 Å². The third-order valence-corrected chi connectivity index (χ3v) is 9.34. The van der Waals surface area contributed by atoms with E-state index in [0.29, 0.717) is 48.7 Å². The Hall–Kier alpha value is -4.05. The van der Waals surface area contributed by atoms with Crippen LogP contribution < -0.4 is 10.6 Å². The lowest BCUT2D eigenvalue weighted by Gasteiger charge is -2.40. The van der Waals surface area contributed by atoms with E-state index in [9.17, 15) is 9.59 Å². The van der Waals surface area contributed by atoms with E-state index in [4.69, 9.17) is 4.74 Å². The van der Waals surface area contributed by atoms with Crippen molar-refractivity contribution in [1.82, 2.24) is 30.7 Å². The van der Waals surface area contributed by atoms with Gasteiger partial charge >= 0.3 is 0 Å². The first-order valence-electron chi connectivity index (χ1n) is 15.6. The standard InChI is InChI=1S/C34H41FN6O3/c1-5-19(2)16-37-34(43)29-9-7-24(17-41(29)18-27-30(44-4)15-23-14-25(23)31(27)35)38-33(42)22-6-8-28-26(13-22)32(40-39-28)21-10-11-36-20(3)12-21/h6,8,10-13,15,19,23-25,29H,5,7,9,14,16-18H2,1-4H3,(H,37,43)(H,38,42)(H,39,40). The zero-order valence-corrected chi connectivity index (χ0v) is 25.8. The van der Waals surface area contributed by atoms with Crippen molar-refractivity contribution < 1.29 is 18.7 Å². The predicted octanol–water partition coefficient (Wildman–Crippen LogP) is 5.06. The van der Waals surface area contributed by atoms with E-state index in [0.717, 1.165) is 40.7 Å². The lowest BCUT2D eigenvalue weighted by molar-refractivity contribution is -0.127. The van der Waals surface area contributed by atoms with Gasteiger partial charge in [-0.2, -0.15) is 5.10 Å². The van der Waals surface area contributed by atoms with E-state index in [1.54, 1.807) is 19.4 Å². The lowest BCUT2D eigenvalue weighted by atomic mass is 9.94. The average Bonchev–Trinajstić information content (AvgIpc) is 3.69. The summed E-state index contributed by atoms with van der Waals surface area (Å²) in [4.78, 5) is 33.2. The largest absolute Gasteiger partial charge is 0.497 e. The molecule has 9 nitrogen and oxygen atoms in total. The summed E-state index contributed by atoms with van der Waals surface area (Å²) in [5.41, 5.74) is 4.45. The summed E-state index contributed by atoms with van der Waals surface area (Å²) in [6.45, 7) is 7.41. The molecule has 1 aliphatic heterocycles. The van der Waals surface area contributed by atoms with Crippen molar-refractivity contribution in [1.29, 1.82) is 0 Å². The number of nitrogens with one attached hydrogen (secondary N) is 3. The summed E-state index contributed by atoms with van der Waals surface area (Å²) in [5, 5.41) is 14.7. The van der Waals surface area contributed by atoms with E-state index in [-0.39, 0.29) is 42.1 Å². The van der Waals surface area contributed by atoms with Crippen molar-refractivity contribution in [3.8, 4) is 11.3 Å². The minimum Gasteiger partial charge on any atom is -0.497 e. The molecule has 3 aliphatic rings. The summed E-state index contributed by atoms with van der Waals surface area (Å²) in [6.07, 6.45) is 6.72. The fraction of sp³-hybridized carbons (Fsp3) is 0.471. The Morgan fingerprint density at radius 2 is 2.07 bits per heavy atom. The number of hydrogen-bond donors (Lipinski definition) is 3. The Morgan fingerprint density at radius 3 is 2.84 bits per heavy atom. The highest BCUT2D eigenvalue weighted by atomic mass is 19.1. The Morgan fingerprint density at radius 1 is 1.23 bits per heavy atom. The number of carbonyl (C=O) groups is 2. The Balaban J connectivity index is 1.20. The monoisotopic (exact) mass is 600 g/mol. The van der Waals surface area contributed by atoms with Crippen LogP contribution in [0.15, 0.2) is 59.8 Å². The van der Waals surface area contributed by atoms with Gasteiger partial charge in [-0.3, -0.25) is 24.6 Å². The number of carbonyl (C=O) groups excluding carboxylic acids is 2. The first-order valence-corrected chi connectivity index (χ1v) is 15.6. The second-order valence-electron chi connectivity index (χ2n) is 12.5. The minimum absolute atomic E-state index is 0.0524. The van der Waals surface area contributed by atoms with Crippen molar-refractivity contribution in [2.24, 2.45) is 17.8 Å². The van der Waals surface area contributed by atoms with E-state index in [2.05, 4.69) is 39.7 Å². The fourth-order valence-electron chi connectivity index (χ4n) is 6.38. The van der Waals surface area contributed by atoms with E-state index >= 15 is 4.39 Å². The van der Waals surface area contributed by atoms with Gasteiger partial charge < -0.3 is 15.4 Å². The van der Waals surface area contributed by atoms with Crippen LogP contribution in [0, 0.1) is 24.7 Å². The number of H-pyrrole nitrogens is 1. The molecule has 3 N–H and O–H groups in total. The van der Waals surface area contributed by atoms with Crippen LogP contribution in [-0.4, -0.2) is 70.7 Å². The molecule has 44 heavy (non-hydrogen) atoms. The maximum Gasteiger partial charge on any atom is 0.251 e. The SMILES string of the molecule is CCC(C)CNC(=O)C1CCC(NC(=O)c2ccc3[nH]nc(-c4ccnc(C)c4)c3c2)CN1CC1=C(F)C2CC2C=C1OC. The molecule has 0 spiro atoms. The number of aromatic nitrogens is 3. The maximum atomic E-state index is 15.5. The van der Waals surface area contributed by atoms with Gasteiger partial charge in [-0.1, -0.05) is 20.3 Å². The number of fused-ring (bicyclic) bond motifs is 2. The van der Waals surface area contributed by atoms with Crippen molar-refractivity contribution in [2.75, 3.05) is 26.7 Å². The van der Waals surface area contributed by atoms with Gasteiger partial charge in [0.2, 0.25) is 5.91 Å². The molecular weight excluding hydrogens is 559 g/mol. The zero-order valence-electron chi connectivity index (χ0n) is 25.8. The molecule has 1 saturated carbocycles. The highest BCUT2D eigenvalue weighted by Crippen LogP contribution is 2.51. The number of piperidine rings is 1. The first kappa shape index (κ1) is 30.0. The third kappa shape index (κ3) is 6.13. The van der Waals surface area contributed by atoms with Crippen LogP contribution in [0.2, 0.25) is 0 Å². The fourth-order valence-corrected chi connectivity index (χ4v) is 6.38. The second-order valence-corrected chi connectivity index (χ2v) is 12.5. The number of benzene rings is 1. The normalized spacial score (nSPS) is 24.0. The molecule has 3 aromatic rings. The van der Waals surface area contributed by atoms with Gasteiger partial charge in [-0.15, -0.1) is 0 Å². The number of rotatable bonds is 10. The van der Waals surface area contributed by atoms with Crippen LogP contribution >= 0.6 is 0 Å². The van der Waals surface area contributed by atoms with Crippen molar-refractivity contribution >= 4 is 22.7 Å². The summed E-state index contributed by atoms with van der Waals surface area (Å²) in [7, 11) is 1.56. The van der Waals surface area contributed by atoms with Gasteiger partial charge in [0.05, 0.1) is 18.7 Å². The molecule has 232 valence electrons. The molecular formula is C34H41FN6O3. The molecule has 2 aromatic heterocycles. The van der Waals surface area contributed by atoms with Crippen LogP contribution in [0.1, 0.15) is 55.6 Å². The Bertz CT molecular complexity index is 1630. The number of methoxy groups -OCH3 is 1. The van der Waals surface area contributed by atoms with Gasteiger partial charge in [-0.25, -0.2) is 4.39 Å². The topological polar surface area (TPSA) is 112 Å². The molecule has 5 unspecified atom stereocenters. The summed E-state index contributed by atoms with van der Waals surface area (Å²) < 4.78 is 21.0. The number of aryl methyl sites for hydroxylation is 1. The average molecular weight is 601 g/mol. The lowest BCUT2D eigenvalue weighted by Crippen LogP contribution is -2.57.